The van der Waals surface area contributed by atoms with Crippen LogP contribution in [-0.4, -0.2) is 81.5 Å². The third-order valence-electron chi connectivity index (χ3n) is 4.21. The predicted octanol–water partition coefficient (Wildman–Crippen LogP) is 0.407. The highest BCUT2D eigenvalue weighted by Gasteiger charge is 2.26. The molecule has 1 amide bonds. The van der Waals surface area contributed by atoms with E-state index >= 15 is 0 Å². The molecule has 1 fully saturated rings. The molecule has 1 aromatic heterocycles. The van der Waals surface area contributed by atoms with Crippen LogP contribution in [0.15, 0.2) is 23.2 Å². The van der Waals surface area contributed by atoms with Crippen LogP contribution in [-0.2, 0) is 19.6 Å². The Morgan fingerprint density at radius 3 is 2.40 bits per heavy atom. The number of sulfonamides is 1. The molecule has 2 rings (SSSR count). The van der Waals surface area contributed by atoms with E-state index < -0.39 is 10.0 Å². The molecule has 0 radical (unpaired) electrons. The number of aromatic nitrogens is 1. The lowest BCUT2D eigenvalue weighted by atomic mass is 10.4. The number of anilines is 1. The number of ether oxygens (including phenoxy) is 1. The van der Waals surface area contributed by atoms with E-state index in [0.717, 1.165) is 0 Å². The van der Waals surface area contributed by atoms with Crippen LogP contribution in [0.1, 0.15) is 13.8 Å². The van der Waals surface area contributed by atoms with Gasteiger partial charge >= 0.3 is 0 Å². The number of carbonyl (C=O) groups is 1. The largest absolute Gasteiger partial charge is 0.379 e. The number of likely N-dealkylation sites (N-methyl/N-ethyl adjacent to an activating group) is 2. The Kier molecular flexibility index (Phi) is 6.74. The fourth-order valence-corrected chi connectivity index (χ4v) is 4.00. The van der Waals surface area contributed by atoms with Crippen molar-refractivity contribution in [1.82, 2.24) is 14.2 Å². The second-order valence-electron chi connectivity index (χ2n) is 5.79. The predicted molar refractivity (Wildman–Crippen MR) is 95.0 cm³/mol. The smallest absolute Gasteiger partial charge is 0.244 e. The number of rotatable bonds is 7. The summed E-state index contributed by atoms with van der Waals surface area (Å²) in [5, 5.41) is 0. The molecule has 0 aromatic carbocycles. The van der Waals surface area contributed by atoms with Crippen LogP contribution in [0.3, 0.4) is 0 Å². The van der Waals surface area contributed by atoms with Crippen LogP contribution in [0, 0.1) is 0 Å². The Labute approximate surface area is 149 Å². The molecule has 1 aromatic rings. The third kappa shape index (κ3) is 4.68. The molecular weight excluding hydrogens is 344 g/mol. The summed E-state index contributed by atoms with van der Waals surface area (Å²) in [6.07, 6.45) is 1.35. The SMILES string of the molecule is CCN(CC)C(=O)CN(C)c1ccc(S(=O)(=O)N2CCOCC2)cn1. The van der Waals surface area contributed by atoms with E-state index in [1.54, 1.807) is 22.9 Å². The Hall–Kier alpha value is -1.71. The van der Waals surface area contributed by atoms with Crippen LogP contribution in [0.2, 0.25) is 0 Å². The molecule has 0 saturated carbocycles. The minimum Gasteiger partial charge on any atom is -0.379 e. The summed E-state index contributed by atoms with van der Waals surface area (Å²) in [5.74, 6) is 0.570. The Bertz CT molecular complexity index is 668. The molecule has 9 heteroatoms. The zero-order valence-corrected chi connectivity index (χ0v) is 15.8. The lowest BCUT2D eigenvalue weighted by Gasteiger charge is -2.26. The van der Waals surface area contributed by atoms with E-state index in [-0.39, 0.29) is 17.3 Å². The van der Waals surface area contributed by atoms with Gasteiger partial charge in [-0.1, -0.05) is 0 Å². The minimum atomic E-state index is -3.55. The monoisotopic (exact) mass is 370 g/mol. The number of pyridine rings is 1. The van der Waals surface area contributed by atoms with Crippen molar-refractivity contribution >= 4 is 21.7 Å². The summed E-state index contributed by atoms with van der Waals surface area (Å²) >= 11 is 0. The van der Waals surface area contributed by atoms with Crippen LogP contribution in [0.5, 0.6) is 0 Å². The summed E-state index contributed by atoms with van der Waals surface area (Å²) in [7, 11) is -1.79. The maximum atomic E-state index is 12.6. The molecule has 0 bridgehead atoms. The minimum absolute atomic E-state index is 0.0133. The Morgan fingerprint density at radius 2 is 1.88 bits per heavy atom. The first-order valence-corrected chi connectivity index (χ1v) is 9.87. The summed E-state index contributed by atoms with van der Waals surface area (Å²) in [4.78, 5) is 20.0. The lowest BCUT2D eigenvalue weighted by molar-refractivity contribution is -0.129. The first-order valence-electron chi connectivity index (χ1n) is 8.43. The number of amides is 1. The van der Waals surface area contributed by atoms with E-state index in [1.807, 2.05) is 13.8 Å². The first-order chi connectivity index (χ1) is 11.9. The molecule has 1 aliphatic rings. The zero-order chi connectivity index (χ0) is 18.4. The average molecular weight is 370 g/mol. The molecular formula is C16H26N4O4S. The van der Waals surface area contributed by atoms with Gasteiger partial charge in [0.05, 0.1) is 19.8 Å². The summed E-state index contributed by atoms with van der Waals surface area (Å²) in [6, 6.07) is 3.16. The molecule has 0 N–H and O–H groups in total. The standard InChI is InChI=1S/C16H26N4O4S/c1-4-19(5-2)16(21)13-18(3)15-7-6-14(12-17-15)25(22,23)20-8-10-24-11-9-20/h6-7,12H,4-5,8-11,13H2,1-3H3. The van der Waals surface area contributed by atoms with Gasteiger partial charge in [0.25, 0.3) is 0 Å². The molecule has 0 unspecified atom stereocenters. The fraction of sp³-hybridized carbons (Fsp3) is 0.625. The summed E-state index contributed by atoms with van der Waals surface area (Å²) < 4.78 is 31.7. The topological polar surface area (TPSA) is 83.1 Å². The van der Waals surface area contributed by atoms with Crippen LogP contribution < -0.4 is 4.90 Å². The van der Waals surface area contributed by atoms with E-state index in [0.29, 0.717) is 45.2 Å². The van der Waals surface area contributed by atoms with Gasteiger partial charge < -0.3 is 14.5 Å². The first kappa shape index (κ1) is 19.6. The molecule has 25 heavy (non-hydrogen) atoms. The quantitative estimate of drug-likeness (QED) is 0.691. The van der Waals surface area contributed by atoms with Gasteiger partial charge in [-0.25, -0.2) is 13.4 Å². The Morgan fingerprint density at radius 1 is 1.24 bits per heavy atom. The maximum Gasteiger partial charge on any atom is 0.244 e. The van der Waals surface area contributed by atoms with Gasteiger partial charge in [0, 0.05) is 39.4 Å². The van der Waals surface area contributed by atoms with Crippen molar-refractivity contribution in [2.75, 3.05) is 57.9 Å². The van der Waals surface area contributed by atoms with Crippen molar-refractivity contribution in [1.29, 1.82) is 0 Å². The summed E-state index contributed by atoms with van der Waals surface area (Å²) in [5.41, 5.74) is 0. The molecule has 1 aliphatic heterocycles. The lowest BCUT2D eigenvalue weighted by Crippen LogP contribution is -2.40. The molecule has 1 saturated heterocycles. The van der Waals surface area contributed by atoms with Gasteiger partial charge in [0.15, 0.2) is 0 Å². The van der Waals surface area contributed by atoms with Crippen molar-refractivity contribution < 1.29 is 17.9 Å². The number of nitrogens with zero attached hydrogens (tertiary/aromatic N) is 4. The Balaban J connectivity index is 2.07. The number of carbonyl (C=O) groups excluding carboxylic acids is 1. The van der Waals surface area contributed by atoms with Gasteiger partial charge in [-0.05, 0) is 26.0 Å². The molecule has 0 spiro atoms. The number of hydrogen-bond acceptors (Lipinski definition) is 6. The normalized spacial score (nSPS) is 15.8. The van der Waals surface area contributed by atoms with Crippen LogP contribution >= 0.6 is 0 Å². The molecule has 2 heterocycles. The zero-order valence-electron chi connectivity index (χ0n) is 15.0. The molecule has 0 atom stereocenters. The second-order valence-corrected chi connectivity index (χ2v) is 7.73. The van der Waals surface area contributed by atoms with E-state index in [4.69, 9.17) is 4.74 Å². The van der Waals surface area contributed by atoms with Crippen molar-refractivity contribution in [2.24, 2.45) is 0 Å². The van der Waals surface area contributed by atoms with Gasteiger partial charge in [-0.2, -0.15) is 4.31 Å². The highest BCUT2D eigenvalue weighted by molar-refractivity contribution is 7.89. The fourth-order valence-electron chi connectivity index (χ4n) is 2.65. The van der Waals surface area contributed by atoms with E-state index in [9.17, 15) is 13.2 Å². The molecule has 140 valence electrons. The van der Waals surface area contributed by atoms with Crippen molar-refractivity contribution in [2.45, 2.75) is 18.7 Å². The van der Waals surface area contributed by atoms with Crippen molar-refractivity contribution in [3.63, 3.8) is 0 Å². The molecule has 8 nitrogen and oxygen atoms in total. The third-order valence-corrected chi connectivity index (χ3v) is 6.09. The van der Waals surface area contributed by atoms with Gasteiger partial charge in [0.2, 0.25) is 15.9 Å². The highest BCUT2D eigenvalue weighted by atomic mass is 32.2. The second kappa shape index (κ2) is 8.59. The van der Waals surface area contributed by atoms with Crippen molar-refractivity contribution in [3.8, 4) is 0 Å². The van der Waals surface area contributed by atoms with Crippen LogP contribution in [0.4, 0.5) is 5.82 Å². The van der Waals surface area contributed by atoms with Crippen LogP contribution in [0.25, 0.3) is 0 Å². The van der Waals surface area contributed by atoms with Crippen molar-refractivity contribution in [3.05, 3.63) is 18.3 Å². The van der Waals surface area contributed by atoms with Gasteiger partial charge in [-0.15, -0.1) is 0 Å². The maximum absolute atomic E-state index is 12.6. The van der Waals surface area contributed by atoms with Gasteiger partial charge in [-0.3, -0.25) is 4.79 Å². The molecule has 0 aliphatic carbocycles. The summed E-state index contributed by atoms with van der Waals surface area (Å²) in [6.45, 7) is 6.90. The average Bonchev–Trinajstić information content (AvgIpc) is 2.63. The van der Waals surface area contributed by atoms with E-state index in [1.165, 1.54) is 16.6 Å². The highest BCUT2D eigenvalue weighted by Crippen LogP contribution is 2.18. The van der Waals surface area contributed by atoms with Gasteiger partial charge in [0.1, 0.15) is 10.7 Å². The number of hydrogen-bond donors (Lipinski definition) is 0. The van der Waals surface area contributed by atoms with E-state index in [2.05, 4.69) is 4.98 Å². The number of morpholine rings is 1.